The molecule has 3 N–H and O–H groups in total. The summed E-state index contributed by atoms with van der Waals surface area (Å²) in [5.74, 6) is -0.00280. The van der Waals surface area contributed by atoms with Crippen molar-refractivity contribution in [2.45, 2.75) is 32.1 Å². The van der Waals surface area contributed by atoms with Crippen molar-refractivity contribution in [3.8, 4) is 0 Å². The third kappa shape index (κ3) is 3.70. The summed E-state index contributed by atoms with van der Waals surface area (Å²) in [4.78, 5) is 36.0. The first-order chi connectivity index (χ1) is 9.13. The van der Waals surface area contributed by atoms with Gasteiger partial charge >= 0.3 is 0 Å². The van der Waals surface area contributed by atoms with Gasteiger partial charge in [0, 0.05) is 31.8 Å². The highest BCUT2D eigenvalue weighted by Crippen LogP contribution is 2.30. The molecule has 114 valence electrons. The molecule has 20 heavy (non-hydrogen) atoms. The molecule has 1 aliphatic heterocycles. The Balaban J connectivity index is 0.00000200. The molecule has 0 bridgehead atoms. The molecule has 0 unspecified atom stereocenters. The summed E-state index contributed by atoms with van der Waals surface area (Å²) in [7, 11) is 0. The van der Waals surface area contributed by atoms with Gasteiger partial charge in [-0.25, -0.2) is 0 Å². The summed E-state index contributed by atoms with van der Waals surface area (Å²) < 4.78 is 0. The van der Waals surface area contributed by atoms with Crippen LogP contribution >= 0.6 is 12.4 Å². The number of halogens is 1. The number of nitrogens with one attached hydrogen (secondary N) is 1. The van der Waals surface area contributed by atoms with Gasteiger partial charge in [-0.15, -0.1) is 12.4 Å². The summed E-state index contributed by atoms with van der Waals surface area (Å²) in [5.41, 5.74) is 5.65. The van der Waals surface area contributed by atoms with Crippen LogP contribution in [-0.2, 0) is 14.4 Å². The zero-order valence-electron chi connectivity index (χ0n) is 11.5. The van der Waals surface area contributed by atoms with Gasteiger partial charge in [0.05, 0.1) is 0 Å². The summed E-state index contributed by atoms with van der Waals surface area (Å²) in [5, 5.41) is 2.82. The largest absolute Gasteiger partial charge is 0.354 e. The van der Waals surface area contributed by atoms with E-state index in [0.717, 1.165) is 19.3 Å². The van der Waals surface area contributed by atoms with Gasteiger partial charge in [-0.2, -0.15) is 0 Å². The maximum atomic E-state index is 12.0. The van der Waals surface area contributed by atoms with Crippen molar-refractivity contribution in [3.05, 3.63) is 0 Å². The Morgan fingerprint density at radius 1 is 1.25 bits per heavy atom. The van der Waals surface area contributed by atoms with Crippen LogP contribution in [0, 0.1) is 11.8 Å². The Hall–Kier alpha value is -1.14. The minimum Gasteiger partial charge on any atom is -0.354 e. The van der Waals surface area contributed by atoms with Crippen LogP contribution in [0.15, 0.2) is 0 Å². The van der Waals surface area contributed by atoms with Crippen molar-refractivity contribution >= 4 is 30.1 Å². The standard InChI is InChI=1S/C13H21N3O3.ClH/c14-8-9-2-1-3-10(9)13(19)15-6-7-16-11(17)4-5-12(16)18;/h9-10H,1-8,14H2,(H,15,19);1H/t9-,10-;/m1./s1. The average Bonchev–Trinajstić information content (AvgIpc) is 2.99. The lowest BCUT2D eigenvalue weighted by atomic mass is 9.95. The average molecular weight is 304 g/mol. The Kier molecular flexibility index (Phi) is 6.42. The molecule has 3 amide bonds. The SMILES string of the molecule is Cl.NC[C@H]1CCC[C@H]1C(=O)NCCN1C(=O)CCC1=O. The maximum Gasteiger partial charge on any atom is 0.229 e. The topological polar surface area (TPSA) is 92.5 Å². The molecule has 1 saturated carbocycles. The molecule has 1 heterocycles. The van der Waals surface area contributed by atoms with E-state index in [0.29, 0.717) is 25.9 Å². The minimum atomic E-state index is -0.139. The van der Waals surface area contributed by atoms with Crippen molar-refractivity contribution in [1.29, 1.82) is 0 Å². The molecule has 7 heteroatoms. The van der Waals surface area contributed by atoms with E-state index in [1.807, 2.05) is 0 Å². The lowest BCUT2D eigenvalue weighted by Crippen LogP contribution is -2.41. The van der Waals surface area contributed by atoms with Gasteiger partial charge in [-0.05, 0) is 25.3 Å². The lowest BCUT2D eigenvalue weighted by molar-refractivity contribution is -0.138. The van der Waals surface area contributed by atoms with E-state index in [1.165, 1.54) is 4.90 Å². The fourth-order valence-corrected chi connectivity index (χ4v) is 2.96. The number of likely N-dealkylation sites (tertiary alicyclic amines) is 1. The number of nitrogens with zero attached hydrogens (tertiary/aromatic N) is 1. The van der Waals surface area contributed by atoms with Gasteiger partial charge in [-0.3, -0.25) is 19.3 Å². The fraction of sp³-hybridized carbons (Fsp3) is 0.769. The molecule has 2 rings (SSSR count). The van der Waals surface area contributed by atoms with E-state index < -0.39 is 0 Å². The highest BCUT2D eigenvalue weighted by atomic mass is 35.5. The van der Waals surface area contributed by atoms with Crippen molar-refractivity contribution < 1.29 is 14.4 Å². The predicted octanol–water partition coefficient (Wildman–Crippen LogP) is 0.0484. The number of rotatable bonds is 5. The molecule has 2 fully saturated rings. The molecule has 0 spiro atoms. The number of hydrogen-bond donors (Lipinski definition) is 2. The van der Waals surface area contributed by atoms with Gasteiger partial charge in [0.15, 0.2) is 0 Å². The summed E-state index contributed by atoms with van der Waals surface area (Å²) >= 11 is 0. The number of nitrogens with two attached hydrogens (primary N) is 1. The lowest BCUT2D eigenvalue weighted by Gasteiger charge is -2.19. The molecular formula is C13H22ClN3O3. The van der Waals surface area contributed by atoms with Gasteiger partial charge < -0.3 is 11.1 Å². The molecule has 2 aliphatic rings. The summed E-state index contributed by atoms with van der Waals surface area (Å²) in [6.45, 7) is 1.16. The highest BCUT2D eigenvalue weighted by molar-refractivity contribution is 6.01. The molecule has 0 aromatic rings. The van der Waals surface area contributed by atoms with Crippen LogP contribution in [0.4, 0.5) is 0 Å². The molecular weight excluding hydrogens is 282 g/mol. The summed E-state index contributed by atoms with van der Waals surface area (Å²) in [6.07, 6.45) is 3.53. The first-order valence-electron chi connectivity index (χ1n) is 6.94. The number of carbonyl (C=O) groups excluding carboxylic acids is 3. The number of hydrogen-bond acceptors (Lipinski definition) is 4. The fourth-order valence-electron chi connectivity index (χ4n) is 2.96. The smallest absolute Gasteiger partial charge is 0.229 e. The Bertz CT molecular complexity index is 373. The van der Waals surface area contributed by atoms with Gasteiger partial charge in [0.1, 0.15) is 0 Å². The van der Waals surface area contributed by atoms with E-state index in [9.17, 15) is 14.4 Å². The van der Waals surface area contributed by atoms with Crippen LogP contribution in [0.2, 0.25) is 0 Å². The third-order valence-electron chi connectivity index (χ3n) is 4.09. The second-order valence-corrected chi connectivity index (χ2v) is 5.26. The number of carbonyl (C=O) groups is 3. The molecule has 0 aromatic heterocycles. The minimum absolute atomic E-state index is 0. The number of imide groups is 1. The third-order valence-corrected chi connectivity index (χ3v) is 4.09. The molecule has 1 saturated heterocycles. The summed E-state index contributed by atoms with van der Waals surface area (Å²) in [6, 6.07) is 0. The van der Waals surface area contributed by atoms with Crippen molar-refractivity contribution in [2.24, 2.45) is 17.6 Å². The zero-order chi connectivity index (χ0) is 13.8. The van der Waals surface area contributed by atoms with E-state index in [1.54, 1.807) is 0 Å². The second kappa shape index (κ2) is 7.59. The molecule has 0 radical (unpaired) electrons. The van der Waals surface area contributed by atoms with Gasteiger partial charge in [0.25, 0.3) is 0 Å². The highest BCUT2D eigenvalue weighted by Gasteiger charge is 2.32. The van der Waals surface area contributed by atoms with Crippen molar-refractivity contribution in [1.82, 2.24) is 10.2 Å². The van der Waals surface area contributed by atoms with E-state index in [4.69, 9.17) is 5.73 Å². The van der Waals surface area contributed by atoms with E-state index in [-0.39, 0.29) is 48.5 Å². The van der Waals surface area contributed by atoms with Crippen LogP contribution in [0.1, 0.15) is 32.1 Å². The van der Waals surface area contributed by atoms with Gasteiger partial charge in [0.2, 0.25) is 17.7 Å². The van der Waals surface area contributed by atoms with Crippen LogP contribution in [0.5, 0.6) is 0 Å². The van der Waals surface area contributed by atoms with Crippen molar-refractivity contribution in [3.63, 3.8) is 0 Å². The second-order valence-electron chi connectivity index (χ2n) is 5.26. The first kappa shape index (κ1) is 16.9. The van der Waals surface area contributed by atoms with Crippen LogP contribution < -0.4 is 11.1 Å². The number of amides is 3. The first-order valence-corrected chi connectivity index (χ1v) is 6.94. The predicted molar refractivity (Wildman–Crippen MR) is 76.1 cm³/mol. The Labute approximate surface area is 124 Å². The molecule has 0 aromatic carbocycles. The maximum absolute atomic E-state index is 12.0. The Morgan fingerprint density at radius 2 is 1.90 bits per heavy atom. The van der Waals surface area contributed by atoms with E-state index >= 15 is 0 Å². The van der Waals surface area contributed by atoms with Crippen molar-refractivity contribution in [2.75, 3.05) is 19.6 Å². The van der Waals surface area contributed by atoms with Crippen LogP contribution in [0.25, 0.3) is 0 Å². The molecule has 1 aliphatic carbocycles. The van der Waals surface area contributed by atoms with Crippen LogP contribution in [-0.4, -0.2) is 42.3 Å². The zero-order valence-corrected chi connectivity index (χ0v) is 12.3. The monoisotopic (exact) mass is 303 g/mol. The van der Waals surface area contributed by atoms with E-state index in [2.05, 4.69) is 5.32 Å². The normalized spacial score (nSPS) is 25.8. The quantitative estimate of drug-likeness (QED) is 0.702. The van der Waals surface area contributed by atoms with Gasteiger partial charge in [-0.1, -0.05) is 6.42 Å². The molecule has 2 atom stereocenters. The van der Waals surface area contributed by atoms with Crippen LogP contribution in [0.3, 0.4) is 0 Å². The Morgan fingerprint density at radius 3 is 2.50 bits per heavy atom. The molecule has 6 nitrogen and oxygen atoms in total.